The van der Waals surface area contributed by atoms with Crippen molar-refractivity contribution in [1.29, 1.82) is 0 Å². The van der Waals surface area contributed by atoms with Crippen LogP contribution in [-0.2, 0) is 26.3 Å². The molecule has 0 spiro atoms. The fourth-order valence-corrected chi connectivity index (χ4v) is 5.80. The first-order valence-electron chi connectivity index (χ1n) is 15.5. The number of amides is 3. The highest BCUT2D eigenvalue weighted by Crippen LogP contribution is 2.40. The second-order valence-electron chi connectivity index (χ2n) is 12.8. The Morgan fingerprint density at radius 1 is 1.02 bits per heavy atom. The smallest absolute Gasteiger partial charge is 0.252 e. The van der Waals surface area contributed by atoms with Crippen LogP contribution in [0.3, 0.4) is 0 Å². The minimum Gasteiger partial charge on any atom is -0.346 e. The van der Waals surface area contributed by atoms with Crippen LogP contribution in [0.4, 0.5) is 5.82 Å². The van der Waals surface area contributed by atoms with Crippen LogP contribution in [0.2, 0.25) is 0 Å². The molecule has 2 aromatic carbocycles. The number of benzene rings is 2. The molecule has 3 aromatic rings. The van der Waals surface area contributed by atoms with E-state index >= 15 is 0 Å². The summed E-state index contributed by atoms with van der Waals surface area (Å²) >= 11 is 0. The first-order chi connectivity index (χ1) is 21.3. The highest BCUT2D eigenvalue weighted by Gasteiger charge is 2.43. The summed E-state index contributed by atoms with van der Waals surface area (Å²) in [5.41, 5.74) is 8.28. The third-order valence-corrected chi connectivity index (χ3v) is 8.41. The quantitative estimate of drug-likeness (QED) is 0.269. The van der Waals surface area contributed by atoms with Crippen molar-refractivity contribution in [2.75, 3.05) is 19.4 Å². The van der Waals surface area contributed by atoms with Gasteiger partial charge in [-0.15, -0.1) is 0 Å². The van der Waals surface area contributed by atoms with Gasteiger partial charge in [0, 0.05) is 20.3 Å². The van der Waals surface area contributed by atoms with E-state index in [1.165, 1.54) is 5.57 Å². The molecular formula is C36H46N6O3. The Morgan fingerprint density at radius 3 is 2.27 bits per heavy atom. The van der Waals surface area contributed by atoms with E-state index in [1.807, 2.05) is 61.5 Å². The maximum absolute atomic E-state index is 13.8. The lowest BCUT2D eigenvalue weighted by Crippen LogP contribution is -2.54. The molecule has 2 unspecified atom stereocenters. The van der Waals surface area contributed by atoms with Gasteiger partial charge in [-0.1, -0.05) is 79.7 Å². The number of imidazole rings is 1. The van der Waals surface area contributed by atoms with Gasteiger partial charge in [0.1, 0.15) is 11.6 Å². The molecule has 1 aromatic heterocycles. The van der Waals surface area contributed by atoms with Gasteiger partial charge in [0.25, 0.3) is 5.91 Å². The van der Waals surface area contributed by atoms with Gasteiger partial charge in [0.2, 0.25) is 11.8 Å². The first kappa shape index (κ1) is 33.4. The zero-order valence-electron chi connectivity index (χ0n) is 27.2. The number of anilines is 1. The van der Waals surface area contributed by atoms with Gasteiger partial charge in [0.05, 0.1) is 11.9 Å². The summed E-state index contributed by atoms with van der Waals surface area (Å²) in [5, 5.41) is 5.69. The van der Waals surface area contributed by atoms with Crippen molar-refractivity contribution in [1.82, 2.24) is 19.8 Å². The Morgan fingerprint density at radius 2 is 1.67 bits per heavy atom. The first-order valence-corrected chi connectivity index (χ1v) is 15.5. The van der Waals surface area contributed by atoms with Gasteiger partial charge in [-0.2, -0.15) is 0 Å². The molecular weight excluding hydrogens is 564 g/mol. The van der Waals surface area contributed by atoms with Gasteiger partial charge >= 0.3 is 0 Å². The van der Waals surface area contributed by atoms with Crippen molar-refractivity contribution in [3.63, 3.8) is 0 Å². The minimum absolute atomic E-state index is 0.0726. The number of aryl methyl sites for hydroxylation is 1. The Balaban J connectivity index is 1.58. The van der Waals surface area contributed by atoms with Crippen LogP contribution in [0.15, 0.2) is 90.9 Å². The fourth-order valence-electron chi connectivity index (χ4n) is 5.80. The minimum atomic E-state index is -1.15. The maximum atomic E-state index is 13.8. The lowest BCUT2D eigenvalue weighted by molar-refractivity contribution is -0.136. The summed E-state index contributed by atoms with van der Waals surface area (Å²) in [6.45, 7) is 7.22. The van der Waals surface area contributed by atoms with E-state index in [1.54, 1.807) is 49.9 Å². The fraction of sp³-hybridized carbons (Fsp3) is 0.389. The Labute approximate surface area is 266 Å². The van der Waals surface area contributed by atoms with Crippen molar-refractivity contribution in [3.05, 3.63) is 102 Å². The number of carbonyl (C=O) groups excluding carboxylic acids is 3. The standard InChI is InChI=1S/C36H46N6O3/c1-25-22-28(27-17-11-8-12-18-27)20-21-29(25)36(4,34(45)41(5)6)42-23-31(38-24-42)40-32(43)30(39-33(44)35(2,3)37)19-13-16-26-14-9-7-10-15-26/h7-12,14-15,17-18,20-21,23-25,30H,13,16,19,22,37H2,1-6H3,(H,39,44)(H,40,43)/t25?,30-,36?/m1/s1. The van der Waals surface area contributed by atoms with E-state index in [0.717, 1.165) is 29.5 Å². The average molecular weight is 611 g/mol. The molecule has 0 fully saturated rings. The largest absolute Gasteiger partial charge is 0.346 e. The average Bonchev–Trinajstić information content (AvgIpc) is 3.49. The van der Waals surface area contributed by atoms with E-state index in [0.29, 0.717) is 12.8 Å². The number of likely N-dealkylation sites (N-methyl/N-ethyl adjacent to an activating group) is 1. The molecule has 0 radical (unpaired) electrons. The third kappa shape index (κ3) is 7.97. The molecule has 1 heterocycles. The topological polar surface area (TPSA) is 122 Å². The van der Waals surface area contributed by atoms with Crippen molar-refractivity contribution in [2.45, 2.75) is 70.5 Å². The normalized spacial score (nSPS) is 16.9. The lowest BCUT2D eigenvalue weighted by atomic mass is 9.75. The summed E-state index contributed by atoms with van der Waals surface area (Å²) in [6, 6.07) is 19.4. The number of hydrogen-bond donors (Lipinski definition) is 3. The van der Waals surface area contributed by atoms with Crippen LogP contribution in [0.5, 0.6) is 0 Å². The molecule has 238 valence electrons. The van der Waals surface area contributed by atoms with E-state index in [4.69, 9.17) is 5.73 Å². The Bertz CT molecular complexity index is 1550. The van der Waals surface area contributed by atoms with Crippen LogP contribution in [0, 0.1) is 5.92 Å². The number of aromatic nitrogens is 2. The van der Waals surface area contributed by atoms with Gasteiger partial charge in [-0.25, -0.2) is 4.98 Å². The maximum Gasteiger partial charge on any atom is 0.252 e. The number of nitrogens with two attached hydrogens (primary N) is 1. The van der Waals surface area contributed by atoms with Crippen LogP contribution in [0.25, 0.3) is 5.57 Å². The second kappa shape index (κ2) is 14.1. The molecule has 1 aliphatic rings. The molecule has 0 saturated heterocycles. The van der Waals surface area contributed by atoms with Gasteiger partial charge < -0.3 is 25.8 Å². The molecule has 1 aliphatic carbocycles. The van der Waals surface area contributed by atoms with E-state index in [-0.39, 0.29) is 17.6 Å². The highest BCUT2D eigenvalue weighted by molar-refractivity contribution is 5.98. The van der Waals surface area contributed by atoms with Crippen molar-refractivity contribution >= 4 is 29.1 Å². The van der Waals surface area contributed by atoms with Crippen LogP contribution in [0.1, 0.15) is 58.1 Å². The molecule has 0 bridgehead atoms. The third-order valence-electron chi connectivity index (χ3n) is 8.41. The van der Waals surface area contributed by atoms with E-state index in [2.05, 4.69) is 40.8 Å². The van der Waals surface area contributed by atoms with E-state index in [9.17, 15) is 14.4 Å². The Kier molecular flexibility index (Phi) is 10.4. The summed E-state index contributed by atoms with van der Waals surface area (Å²) in [7, 11) is 3.47. The van der Waals surface area contributed by atoms with Crippen LogP contribution < -0.4 is 16.4 Å². The molecule has 45 heavy (non-hydrogen) atoms. The molecule has 3 amide bonds. The SMILES string of the molecule is CC1CC(c2ccccc2)=CC=C1C(C)(C(=O)N(C)C)n1cnc(NC(=O)[C@@H](CCCc2ccccc2)NC(=O)C(C)(C)N)c1. The van der Waals surface area contributed by atoms with Crippen LogP contribution in [-0.4, -0.2) is 57.8 Å². The molecule has 0 saturated carbocycles. The van der Waals surface area contributed by atoms with Crippen LogP contribution >= 0.6 is 0 Å². The lowest BCUT2D eigenvalue weighted by Gasteiger charge is -2.38. The number of hydrogen-bond acceptors (Lipinski definition) is 5. The molecule has 4 rings (SSSR count). The predicted molar refractivity (Wildman–Crippen MR) is 179 cm³/mol. The number of nitrogens with one attached hydrogen (secondary N) is 2. The molecule has 0 aliphatic heterocycles. The van der Waals surface area contributed by atoms with Gasteiger partial charge in [0.15, 0.2) is 5.82 Å². The number of allylic oxidation sites excluding steroid dienone is 3. The molecule has 9 heteroatoms. The second-order valence-corrected chi connectivity index (χ2v) is 12.8. The summed E-state index contributed by atoms with van der Waals surface area (Å²) in [4.78, 5) is 46.2. The van der Waals surface area contributed by atoms with Crippen molar-refractivity contribution in [3.8, 4) is 0 Å². The van der Waals surface area contributed by atoms with Gasteiger partial charge in [-0.05, 0) is 74.6 Å². The number of nitrogens with zero attached hydrogens (tertiary/aromatic N) is 3. The molecule has 3 atom stereocenters. The molecule has 9 nitrogen and oxygen atoms in total. The summed E-state index contributed by atoms with van der Waals surface area (Å²) < 4.78 is 1.76. The summed E-state index contributed by atoms with van der Waals surface area (Å²) in [6.07, 6.45) is 10.0. The zero-order chi connectivity index (χ0) is 32.8. The number of rotatable bonds is 12. The zero-order valence-corrected chi connectivity index (χ0v) is 27.2. The van der Waals surface area contributed by atoms with Crippen molar-refractivity contribution in [2.24, 2.45) is 11.7 Å². The monoisotopic (exact) mass is 610 g/mol. The Hall–Kier alpha value is -4.50. The predicted octanol–water partition coefficient (Wildman–Crippen LogP) is 4.92. The van der Waals surface area contributed by atoms with Crippen molar-refractivity contribution < 1.29 is 14.4 Å². The van der Waals surface area contributed by atoms with E-state index < -0.39 is 28.9 Å². The molecule has 4 N–H and O–H groups in total. The van der Waals surface area contributed by atoms with Gasteiger partial charge in [-0.3, -0.25) is 14.4 Å². The summed E-state index contributed by atoms with van der Waals surface area (Å²) in [5.74, 6) is -0.561. The highest BCUT2D eigenvalue weighted by atomic mass is 16.2. The number of carbonyl (C=O) groups is 3.